The molecule has 5 heteroatoms. The van der Waals surface area contributed by atoms with Crippen molar-refractivity contribution in [2.75, 3.05) is 0 Å². The first-order valence-corrected chi connectivity index (χ1v) is 22.7. The van der Waals surface area contributed by atoms with E-state index in [1.165, 1.54) is 74.4 Å². The van der Waals surface area contributed by atoms with E-state index in [1.54, 1.807) is 17.5 Å². The van der Waals surface area contributed by atoms with Crippen LogP contribution in [0, 0.1) is 0 Å². The van der Waals surface area contributed by atoms with E-state index in [0.29, 0.717) is 17.5 Å². The molecule has 302 valence electrons. The molecule has 0 unspecified atom stereocenters. The van der Waals surface area contributed by atoms with Gasteiger partial charge in [0.15, 0.2) is 17.5 Å². The highest BCUT2D eigenvalue weighted by Gasteiger charge is 2.20. The third-order valence-electron chi connectivity index (χ3n) is 12.7. The maximum absolute atomic E-state index is 5.42. The van der Waals surface area contributed by atoms with Gasteiger partial charge in [-0.05, 0) is 125 Å². The van der Waals surface area contributed by atoms with E-state index in [4.69, 9.17) is 15.0 Å². The Kier molecular flexibility index (Phi) is 8.68. The number of nitrogens with zero attached hydrogens (tertiary/aromatic N) is 4. The standard InChI is InChI=1S/C60H36N4S/c1-5-17-48-39(12-1)30-40-13-2-6-18-49(40)56(48)45-32-46(57-50-19-7-3-14-41(50)31-42-15-4-8-20-51(42)57)34-47(33-45)60-63-58(38-25-23-37(24-26-38)44-16-11-29-61-36-44)62-59(64-60)43-27-28-53-52-21-9-10-22-54(52)65-55(53)35-43/h1-36H. The van der Waals surface area contributed by atoms with Gasteiger partial charge >= 0.3 is 0 Å². The Morgan fingerprint density at radius 1 is 0.277 bits per heavy atom. The van der Waals surface area contributed by atoms with E-state index < -0.39 is 0 Å². The van der Waals surface area contributed by atoms with E-state index in [0.717, 1.165) is 38.9 Å². The highest BCUT2D eigenvalue weighted by molar-refractivity contribution is 7.25. The molecular weight excluding hydrogens is 809 g/mol. The zero-order valence-electron chi connectivity index (χ0n) is 35.0. The van der Waals surface area contributed by atoms with Gasteiger partial charge in [0.25, 0.3) is 0 Å². The van der Waals surface area contributed by atoms with Crippen LogP contribution in [0.3, 0.4) is 0 Å². The van der Waals surface area contributed by atoms with E-state index in [-0.39, 0.29) is 0 Å². The first-order valence-electron chi connectivity index (χ1n) is 21.8. The van der Waals surface area contributed by atoms with Crippen LogP contribution in [0.1, 0.15) is 0 Å². The monoisotopic (exact) mass is 844 g/mol. The summed E-state index contributed by atoms with van der Waals surface area (Å²) in [5.74, 6) is 1.84. The van der Waals surface area contributed by atoms with Gasteiger partial charge in [-0.15, -0.1) is 11.3 Å². The Morgan fingerprint density at radius 3 is 1.28 bits per heavy atom. The van der Waals surface area contributed by atoms with Crippen molar-refractivity contribution in [3.05, 3.63) is 219 Å². The minimum absolute atomic E-state index is 0.606. The number of benzene rings is 10. The molecule has 3 aromatic heterocycles. The van der Waals surface area contributed by atoms with Crippen molar-refractivity contribution in [3.8, 4) is 67.5 Å². The predicted octanol–water partition coefficient (Wildman–Crippen LogP) is 16.2. The van der Waals surface area contributed by atoms with Gasteiger partial charge in [0.05, 0.1) is 0 Å². The SMILES string of the molecule is c1cncc(-c2ccc(-c3nc(-c4cc(-c5c6ccccc6cc6ccccc56)cc(-c5c6ccccc6cc6ccccc56)c4)nc(-c4ccc5c(c4)sc4ccccc45)n3)cc2)c1. The number of fused-ring (bicyclic) bond motifs is 7. The summed E-state index contributed by atoms with van der Waals surface area (Å²) in [4.78, 5) is 20.4. The maximum Gasteiger partial charge on any atom is 0.164 e. The second kappa shape index (κ2) is 15.2. The molecule has 65 heavy (non-hydrogen) atoms. The van der Waals surface area contributed by atoms with Gasteiger partial charge < -0.3 is 0 Å². The Bertz CT molecular complexity index is 3760. The van der Waals surface area contributed by atoms with Crippen LogP contribution < -0.4 is 0 Å². The molecule has 3 heterocycles. The summed E-state index contributed by atoms with van der Waals surface area (Å²) in [5, 5.41) is 12.0. The number of aromatic nitrogens is 4. The molecule has 4 nitrogen and oxygen atoms in total. The summed E-state index contributed by atoms with van der Waals surface area (Å²) < 4.78 is 2.46. The summed E-state index contributed by atoms with van der Waals surface area (Å²) >= 11 is 1.80. The summed E-state index contributed by atoms with van der Waals surface area (Å²) in [7, 11) is 0. The molecule has 0 saturated carbocycles. The minimum atomic E-state index is 0.606. The van der Waals surface area contributed by atoms with Gasteiger partial charge in [-0.1, -0.05) is 158 Å². The first kappa shape index (κ1) is 37.2. The third kappa shape index (κ3) is 6.44. The average Bonchev–Trinajstić information content (AvgIpc) is 3.75. The lowest BCUT2D eigenvalue weighted by molar-refractivity contribution is 1.07. The smallest absolute Gasteiger partial charge is 0.164 e. The summed E-state index contributed by atoms with van der Waals surface area (Å²) in [5.41, 5.74) is 9.44. The molecular formula is C60H36N4S. The average molecular weight is 845 g/mol. The van der Waals surface area contributed by atoms with Crippen molar-refractivity contribution in [3.63, 3.8) is 0 Å². The van der Waals surface area contributed by atoms with Crippen molar-refractivity contribution in [1.29, 1.82) is 0 Å². The minimum Gasteiger partial charge on any atom is -0.264 e. The summed E-state index contributed by atoms with van der Waals surface area (Å²) in [6.45, 7) is 0. The highest BCUT2D eigenvalue weighted by Crippen LogP contribution is 2.44. The van der Waals surface area contributed by atoms with Gasteiger partial charge in [0.2, 0.25) is 0 Å². The van der Waals surface area contributed by atoms with Crippen molar-refractivity contribution in [1.82, 2.24) is 19.9 Å². The highest BCUT2D eigenvalue weighted by atomic mass is 32.1. The number of pyridine rings is 1. The second-order valence-electron chi connectivity index (χ2n) is 16.6. The molecule has 13 aromatic rings. The van der Waals surface area contributed by atoms with Crippen molar-refractivity contribution < 1.29 is 0 Å². The molecule has 13 rings (SSSR count). The Hall–Kier alpha value is -8.38. The summed E-state index contributed by atoms with van der Waals surface area (Å²) in [6.07, 6.45) is 3.69. The van der Waals surface area contributed by atoms with Crippen molar-refractivity contribution >= 4 is 74.6 Å². The molecule has 0 aliphatic rings. The fourth-order valence-corrected chi connectivity index (χ4v) is 10.8. The van der Waals surface area contributed by atoms with Crippen LogP contribution in [-0.4, -0.2) is 19.9 Å². The maximum atomic E-state index is 5.42. The number of hydrogen-bond donors (Lipinski definition) is 0. The molecule has 0 N–H and O–H groups in total. The van der Waals surface area contributed by atoms with Gasteiger partial charge in [-0.2, -0.15) is 0 Å². The molecule has 0 aliphatic heterocycles. The van der Waals surface area contributed by atoms with Gasteiger partial charge in [-0.25, -0.2) is 15.0 Å². The van der Waals surface area contributed by atoms with Crippen LogP contribution in [0.2, 0.25) is 0 Å². The lowest BCUT2D eigenvalue weighted by Gasteiger charge is -2.18. The van der Waals surface area contributed by atoms with Crippen LogP contribution in [-0.2, 0) is 0 Å². The van der Waals surface area contributed by atoms with Crippen LogP contribution in [0.15, 0.2) is 219 Å². The topological polar surface area (TPSA) is 51.6 Å². The largest absolute Gasteiger partial charge is 0.264 e. The normalized spacial score (nSPS) is 11.7. The van der Waals surface area contributed by atoms with Gasteiger partial charge in [0.1, 0.15) is 0 Å². The summed E-state index contributed by atoms with van der Waals surface area (Å²) in [6, 6.07) is 74.1. The Morgan fingerprint density at radius 2 is 0.723 bits per heavy atom. The van der Waals surface area contributed by atoms with E-state index in [2.05, 4.69) is 205 Å². The van der Waals surface area contributed by atoms with Crippen molar-refractivity contribution in [2.45, 2.75) is 0 Å². The first-order chi connectivity index (χ1) is 32.2. The fourth-order valence-electron chi connectivity index (χ4n) is 9.67. The molecule has 0 amide bonds. The fraction of sp³-hybridized carbons (Fsp3) is 0. The molecule has 0 aliphatic carbocycles. The van der Waals surface area contributed by atoms with Crippen LogP contribution in [0.25, 0.3) is 131 Å². The van der Waals surface area contributed by atoms with Gasteiger partial charge in [-0.3, -0.25) is 4.98 Å². The third-order valence-corrected chi connectivity index (χ3v) is 13.9. The number of thiophene rings is 1. The molecule has 0 radical (unpaired) electrons. The molecule has 0 fully saturated rings. The molecule has 0 spiro atoms. The quantitative estimate of drug-likeness (QED) is 0.156. The molecule has 0 saturated heterocycles. The van der Waals surface area contributed by atoms with Gasteiger partial charge in [0, 0.05) is 49.3 Å². The van der Waals surface area contributed by atoms with Crippen LogP contribution in [0.4, 0.5) is 0 Å². The van der Waals surface area contributed by atoms with Crippen LogP contribution in [0.5, 0.6) is 0 Å². The zero-order valence-corrected chi connectivity index (χ0v) is 35.8. The molecule has 0 bridgehead atoms. The van der Waals surface area contributed by atoms with Crippen molar-refractivity contribution in [2.24, 2.45) is 0 Å². The lowest BCUT2D eigenvalue weighted by Crippen LogP contribution is -2.01. The Labute approximate surface area is 378 Å². The second-order valence-corrected chi connectivity index (χ2v) is 17.7. The molecule has 0 atom stereocenters. The predicted molar refractivity (Wildman–Crippen MR) is 273 cm³/mol. The number of rotatable bonds is 6. The van der Waals surface area contributed by atoms with E-state index in [9.17, 15) is 0 Å². The number of hydrogen-bond acceptors (Lipinski definition) is 5. The lowest BCUT2D eigenvalue weighted by atomic mass is 9.87. The Balaban J connectivity index is 1.10. The van der Waals surface area contributed by atoms with E-state index in [1.807, 2.05) is 12.3 Å². The van der Waals surface area contributed by atoms with E-state index >= 15 is 0 Å². The van der Waals surface area contributed by atoms with Crippen LogP contribution >= 0.6 is 11.3 Å². The molecule has 10 aromatic carbocycles. The zero-order chi connectivity index (χ0) is 42.8.